The zero-order valence-corrected chi connectivity index (χ0v) is 21.5. The summed E-state index contributed by atoms with van der Waals surface area (Å²) in [6.07, 6.45) is 0. The molecule has 0 bridgehead atoms. The maximum Gasteiger partial charge on any atom is 0.0540 e. The molecule has 1 heterocycles. The fourth-order valence-electron chi connectivity index (χ4n) is 5.85. The van der Waals surface area contributed by atoms with Crippen LogP contribution in [0.4, 0.5) is 17.1 Å². The summed E-state index contributed by atoms with van der Waals surface area (Å²) in [6, 6.07) is 50.7. The van der Waals surface area contributed by atoms with Crippen molar-refractivity contribution in [1.82, 2.24) is 0 Å². The first kappa shape index (κ1) is 21.4. The summed E-state index contributed by atoms with van der Waals surface area (Å²) in [7, 11) is 0. The van der Waals surface area contributed by atoms with Crippen LogP contribution in [-0.2, 0) is 0 Å². The number of hydrogen-bond donors (Lipinski definition) is 0. The summed E-state index contributed by atoms with van der Waals surface area (Å²) in [6.45, 7) is 0. The van der Waals surface area contributed by atoms with E-state index in [2.05, 4.69) is 144 Å². The van der Waals surface area contributed by atoms with E-state index in [0.29, 0.717) is 0 Å². The van der Waals surface area contributed by atoms with Gasteiger partial charge >= 0.3 is 0 Å². The van der Waals surface area contributed by atoms with Crippen molar-refractivity contribution < 1.29 is 0 Å². The van der Waals surface area contributed by atoms with Gasteiger partial charge in [-0.05, 0) is 45.8 Å². The van der Waals surface area contributed by atoms with Gasteiger partial charge in [0.05, 0.1) is 11.4 Å². The number of fused-ring (bicyclic) bond motifs is 7. The van der Waals surface area contributed by atoms with Gasteiger partial charge in [-0.2, -0.15) is 0 Å². The lowest BCUT2D eigenvalue weighted by molar-refractivity contribution is 1.32. The van der Waals surface area contributed by atoms with Crippen molar-refractivity contribution in [1.29, 1.82) is 0 Å². The molecule has 2 heteroatoms. The largest absolute Gasteiger partial charge is 0.309 e. The van der Waals surface area contributed by atoms with Crippen molar-refractivity contribution in [2.75, 3.05) is 4.90 Å². The Morgan fingerprint density at radius 3 is 1.58 bits per heavy atom. The van der Waals surface area contributed by atoms with E-state index in [-0.39, 0.29) is 0 Å². The van der Waals surface area contributed by atoms with Crippen LogP contribution in [0.2, 0.25) is 0 Å². The summed E-state index contributed by atoms with van der Waals surface area (Å²) in [5.74, 6) is 0. The molecule has 0 atom stereocenters. The summed E-state index contributed by atoms with van der Waals surface area (Å²) in [4.78, 5) is 2.44. The summed E-state index contributed by atoms with van der Waals surface area (Å²) in [5, 5.41) is 10.2. The number of benzene rings is 7. The highest BCUT2D eigenvalue weighted by molar-refractivity contribution is 7.26. The van der Waals surface area contributed by atoms with Crippen molar-refractivity contribution in [3.63, 3.8) is 0 Å². The minimum absolute atomic E-state index is 1.17. The Balaban J connectivity index is 1.43. The smallest absolute Gasteiger partial charge is 0.0540 e. The number of thiophene rings is 1. The van der Waals surface area contributed by atoms with Crippen LogP contribution in [0.25, 0.3) is 52.5 Å². The molecule has 0 fully saturated rings. The standard InChI is InChI=1S/C36H23NS/c1-4-14-28-24(9-1)12-7-17-33(28)37(34-18-8-13-25-10-2-5-15-29(25)34)27-20-22-31-32-21-19-26-11-3-6-16-30(26)36(32)38-35(31)23-27/h1-23H. The van der Waals surface area contributed by atoms with E-state index in [0.717, 1.165) is 0 Å². The fourth-order valence-corrected chi connectivity index (χ4v) is 7.12. The summed E-state index contributed by atoms with van der Waals surface area (Å²) in [5.41, 5.74) is 3.54. The molecule has 0 aliphatic heterocycles. The van der Waals surface area contributed by atoms with Crippen LogP contribution in [0.1, 0.15) is 0 Å². The molecule has 0 radical (unpaired) electrons. The zero-order chi connectivity index (χ0) is 25.1. The molecule has 0 N–H and O–H groups in total. The summed E-state index contributed by atoms with van der Waals surface area (Å²) < 4.78 is 2.66. The molecule has 8 aromatic rings. The van der Waals surface area contributed by atoms with Crippen molar-refractivity contribution >= 4 is 80.9 Å². The highest BCUT2D eigenvalue weighted by Gasteiger charge is 2.19. The lowest BCUT2D eigenvalue weighted by Gasteiger charge is -2.28. The number of hydrogen-bond acceptors (Lipinski definition) is 2. The molecule has 0 saturated carbocycles. The molecule has 0 aliphatic carbocycles. The highest BCUT2D eigenvalue weighted by atomic mass is 32.1. The maximum atomic E-state index is 2.44. The van der Waals surface area contributed by atoms with Crippen molar-refractivity contribution in [2.24, 2.45) is 0 Å². The predicted octanol–water partition coefficient (Wildman–Crippen LogP) is 11.0. The number of nitrogens with zero attached hydrogens (tertiary/aromatic N) is 1. The van der Waals surface area contributed by atoms with E-state index in [1.807, 2.05) is 11.3 Å². The molecular weight excluding hydrogens is 478 g/mol. The first-order valence-corrected chi connectivity index (χ1v) is 13.8. The van der Waals surface area contributed by atoms with Crippen molar-refractivity contribution in [3.8, 4) is 0 Å². The van der Waals surface area contributed by atoms with Crippen LogP contribution >= 0.6 is 11.3 Å². The van der Waals surface area contributed by atoms with E-state index in [9.17, 15) is 0 Å². The number of rotatable bonds is 3. The van der Waals surface area contributed by atoms with Gasteiger partial charge in [-0.15, -0.1) is 11.3 Å². The van der Waals surface area contributed by atoms with E-state index in [4.69, 9.17) is 0 Å². The zero-order valence-electron chi connectivity index (χ0n) is 20.6. The van der Waals surface area contributed by atoms with Crippen LogP contribution in [-0.4, -0.2) is 0 Å². The van der Waals surface area contributed by atoms with Crippen LogP contribution < -0.4 is 4.90 Å². The van der Waals surface area contributed by atoms with Crippen LogP contribution in [0.15, 0.2) is 140 Å². The average Bonchev–Trinajstić information content (AvgIpc) is 3.36. The van der Waals surface area contributed by atoms with Gasteiger partial charge in [0.25, 0.3) is 0 Å². The predicted molar refractivity (Wildman–Crippen MR) is 167 cm³/mol. The minimum atomic E-state index is 1.17. The van der Waals surface area contributed by atoms with Crippen molar-refractivity contribution in [3.05, 3.63) is 140 Å². The van der Waals surface area contributed by atoms with Gasteiger partial charge in [0.2, 0.25) is 0 Å². The van der Waals surface area contributed by atoms with Gasteiger partial charge in [-0.25, -0.2) is 0 Å². The van der Waals surface area contributed by atoms with Gasteiger partial charge in [-0.3, -0.25) is 0 Å². The molecule has 0 saturated heterocycles. The second kappa shape index (κ2) is 8.44. The van der Waals surface area contributed by atoms with Gasteiger partial charge in [0.1, 0.15) is 0 Å². The van der Waals surface area contributed by atoms with Gasteiger partial charge in [0, 0.05) is 36.6 Å². The van der Waals surface area contributed by atoms with Crippen LogP contribution in [0.3, 0.4) is 0 Å². The Bertz CT molecular complexity index is 2060. The first-order valence-electron chi connectivity index (χ1n) is 12.9. The Morgan fingerprint density at radius 1 is 0.395 bits per heavy atom. The van der Waals surface area contributed by atoms with E-state index < -0.39 is 0 Å². The third-order valence-corrected chi connectivity index (χ3v) is 8.82. The topological polar surface area (TPSA) is 3.24 Å². The van der Waals surface area contributed by atoms with E-state index in [1.54, 1.807) is 0 Å². The van der Waals surface area contributed by atoms with E-state index in [1.165, 1.54) is 69.6 Å². The second-order valence-electron chi connectivity index (χ2n) is 9.78. The van der Waals surface area contributed by atoms with Gasteiger partial charge in [-0.1, -0.05) is 115 Å². The quantitative estimate of drug-likeness (QED) is 0.233. The molecule has 0 amide bonds. The molecule has 7 aromatic carbocycles. The molecule has 0 aliphatic rings. The SMILES string of the molecule is c1ccc2c(N(c3ccc4c(c3)sc3c5ccccc5ccc43)c3cccc4ccccc34)cccc2c1. The monoisotopic (exact) mass is 501 g/mol. The molecule has 0 spiro atoms. The summed E-state index contributed by atoms with van der Waals surface area (Å²) >= 11 is 1.89. The molecule has 178 valence electrons. The average molecular weight is 502 g/mol. The molecule has 8 rings (SSSR count). The molecule has 1 nitrogen and oxygen atoms in total. The third-order valence-electron chi connectivity index (χ3n) is 7.62. The fraction of sp³-hybridized carbons (Fsp3) is 0. The van der Waals surface area contributed by atoms with Gasteiger partial charge < -0.3 is 4.90 Å². The molecule has 1 aromatic heterocycles. The number of anilines is 3. The molecule has 0 unspecified atom stereocenters. The third kappa shape index (κ3) is 3.24. The molecular formula is C36H23NS. The Morgan fingerprint density at radius 2 is 0.921 bits per heavy atom. The van der Waals surface area contributed by atoms with Crippen LogP contribution in [0, 0.1) is 0 Å². The lowest BCUT2D eigenvalue weighted by Crippen LogP contribution is -2.10. The highest BCUT2D eigenvalue weighted by Crippen LogP contribution is 2.45. The minimum Gasteiger partial charge on any atom is -0.309 e. The normalized spacial score (nSPS) is 11.7. The Labute approximate surface area is 224 Å². The van der Waals surface area contributed by atoms with E-state index >= 15 is 0 Å². The maximum absolute atomic E-state index is 2.44. The lowest BCUT2D eigenvalue weighted by atomic mass is 10.0. The molecule has 38 heavy (non-hydrogen) atoms. The van der Waals surface area contributed by atoms with Crippen LogP contribution in [0.5, 0.6) is 0 Å². The first-order chi connectivity index (χ1) is 18.8. The second-order valence-corrected chi connectivity index (χ2v) is 10.8. The Kier molecular flexibility index (Phi) is 4.76. The van der Waals surface area contributed by atoms with Gasteiger partial charge in [0.15, 0.2) is 0 Å². The van der Waals surface area contributed by atoms with Crippen molar-refractivity contribution in [2.45, 2.75) is 0 Å². The Hall–Kier alpha value is -4.66.